The van der Waals surface area contributed by atoms with E-state index in [4.69, 9.17) is 0 Å². The Balaban J connectivity index is 1.89. The van der Waals surface area contributed by atoms with Gasteiger partial charge in [-0.3, -0.25) is 0 Å². The number of aryl methyl sites for hydroxylation is 2. The summed E-state index contributed by atoms with van der Waals surface area (Å²) >= 11 is 0. The van der Waals surface area contributed by atoms with Gasteiger partial charge in [0.15, 0.2) is 0 Å². The zero-order valence-corrected chi connectivity index (χ0v) is 14.4. The highest BCUT2D eigenvalue weighted by molar-refractivity contribution is 6.18. The van der Waals surface area contributed by atoms with E-state index >= 15 is 0 Å². The van der Waals surface area contributed by atoms with Crippen LogP contribution in [-0.4, -0.2) is 0 Å². The summed E-state index contributed by atoms with van der Waals surface area (Å²) in [6.07, 6.45) is 3.82. The Morgan fingerprint density at radius 1 is 0.750 bits per heavy atom. The molecule has 0 fully saturated rings. The van der Waals surface area contributed by atoms with Gasteiger partial charge in [0.05, 0.1) is 0 Å². The molecule has 0 aromatic heterocycles. The van der Waals surface area contributed by atoms with Crippen molar-refractivity contribution in [2.45, 2.75) is 39.0 Å². The van der Waals surface area contributed by atoms with E-state index in [1.54, 1.807) is 11.1 Å². The summed E-state index contributed by atoms with van der Waals surface area (Å²) in [4.78, 5) is 0. The molecule has 24 heavy (non-hydrogen) atoms. The number of hydrogen-bond acceptors (Lipinski definition) is 0. The van der Waals surface area contributed by atoms with Crippen LogP contribution in [0.15, 0.2) is 54.6 Å². The molecule has 4 aromatic rings. The summed E-state index contributed by atoms with van der Waals surface area (Å²) in [6, 6.07) is 20.8. The molecule has 0 bridgehead atoms. The molecule has 0 heteroatoms. The fraction of sp³-hybridized carbons (Fsp3) is 0.250. The minimum absolute atomic E-state index is 0.763. The smallest absolute Gasteiger partial charge is 0.00989 e. The first-order valence-corrected chi connectivity index (χ1v) is 9.14. The second kappa shape index (κ2) is 5.08. The lowest BCUT2D eigenvalue weighted by Crippen LogP contribution is -1.91. The minimum atomic E-state index is 0.763. The summed E-state index contributed by atoms with van der Waals surface area (Å²) < 4.78 is 0. The summed E-state index contributed by atoms with van der Waals surface area (Å²) in [7, 11) is 0. The number of benzene rings is 4. The molecule has 0 saturated heterocycles. The molecule has 5 rings (SSSR count). The highest BCUT2D eigenvalue weighted by atomic mass is 14.3. The van der Waals surface area contributed by atoms with Gasteiger partial charge in [0.2, 0.25) is 0 Å². The molecule has 0 aliphatic heterocycles. The number of hydrogen-bond donors (Lipinski definition) is 0. The molecule has 1 unspecified atom stereocenters. The van der Waals surface area contributed by atoms with Gasteiger partial charge in [-0.1, -0.05) is 61.5 Å². The van der Waals surface area contributed by atoms with Crippen molar-refractivity contribution in [2.75, 3.05) is 0 Å². The maximum absolute atomic E-state index is 2.40. The molecule has 4 aromatic carbocycles. The molecule has 0 saturated carbocycles. The Kier molecular flexibility index (Phi) is 2.97. The molecule has 1 atom stereocenters. The van der Waals surface area contributed by atoms with Gasteiger partial charge in [-0.25, -0.2) is 0 Å². The topological polar surface area (TPSA) is 0 Å². The quantitative estimate of drug-likeness (QED) is 0.336. The molecule has 0 N–H and O–H groups in total. The first-order valence-electron chi connectivity index (χ1n) is 9.14. The van der Waals surface area contributed by atoms with E-state index in [0.29, 0.717) is 0 Å². The van der Waals surface area contributed by atoms with Crippen molar-refractivity contribution in [3.05, 3.63) is 71.3 Å². The fourth-order valence-corrected chi connectivity index (χ4v) is 4.79. The molecular weight excluding hydrogens is 288 g/mol. The lowest BCUT2D eigenvalue weighted by molar-refractivity contribution is 0.656. The lowest BCUT2D eigenvalue weighted by atomic mass is 9.91. The third-order valence-corrected chi connectivity index (χ3v) is 6.10. The summed E-state index contributed by atoms with van der Waals surface area (Å²) in [5.74, 6) is 0.763. The molecule has 118 valence electrons. The van der Waals surface area contributed by atoms with Gasteiger partial charge in [0, 0.05) is 0 Å². The third-order valence-electron chi connectivity index (χ3n) is 6.10. The third kappa shape index (κ3) is 1.80. The van der Waals surface area contributed by atoms with Gasteiger partial charge in [-0.05, 0) is 81.1 Å². The SMILES string of the molecule is CCC1CCc2c1ccc1c2ccc2c3cccc(C)c3ccc12. The average Bonchev–Trinajstić information content (AvgIpc) is 3.04. The summed E-state index contributed by atoms with van der Waals surface area (Å²) in [6.45, 7) is 4.52. The maximum Gasteiger partial charge on any atom is -0.00989 e. The second-order valence-electron chi connectivity index (χ2n) is 7.27. The Morgan fingerprint density at radius 3 is 2.17 bits per heavy atom. The Labute approximate surface area is 143 Å². The van der Waals surface area contributed by atoms with E-state index in [2.05, 4.69) is 68.4 Å². The van der Waals surface area contributed by atoms with Gasteiger partial charge in [-0.2, -0.15) is 0 Å². The van der Waals surface area contributed by atoms with Crippen LogP contribution in [0.1, 0.15) is 42.4 Å². The van der Waals surface area contributed by atoms with Crippen LogP contribution in [0.3, 0.4) is 0 Å². The normalized spacial score (nSPS) is 17.0. The van der Waals surface area contributed by atoms with Crippen LogP contribution in [0.25, 0.3) is 32.3 Å². The van der Waals surface area contributed by atoms with E-state index in [-0.39, 0.29) is 0 Å². The molecular formula is C24H22. The predicted octanol–water partition coefficient (Wildman–Crippen LogP) is 6.89. The standard InChI is InChI=1S/C24H22/c1-3-16-7-8-20-18(16)10-12-24-22(20)14-13-21-19-6-4-5-15(2)17(19)9-11-23(21)24/h4-6,9-14,16H,3,7-8H2,1-2H3. The van der Waals surface area contributed by atoms with Gasteiger partial charge in [0.25, 0.3) is 0 Å². The van der Waals surface area contributed by atoms with Crippen molar-refractivity contribution in [2.24, 2.45) is 0 Å². The van der Waals surface area contributed by atoms with Crippen molar-refractivity contribution in [3.8, 4) is 0 Å². The first kappa shape index (κ1) is 14.0. The highest BCUT2D eigenvalue weighted by Gasteiger charge is 2.23. The number of fused-ring (bicyclic) bond motifs is 7. The second-order valence-corrected chi connectivity index (χ2v) is 7.27. The van der Waals surface area contributed by atoms with Crippen LogP contribution >= 0.6 is 0 Å². The molecule has 0 nitrogen and oxygen atoms in total. The van der Waals surface area contributed by atoms with Crippen LogP contribution in [0, 0.1) is 6.92 Å². The predicted molar refractivity (Wildman–Crippen MR) is 105 cm³/mol. The largest absolute Gasteiger partial charge is 0.0648 e. The van der Waals surface area contributed by atoms with Crippen molar-refractivity contribution < 1.29 is 0 Å². The molecule has 0 amide bonds. The van der Waals surface area contributed by atoms with E-state index in [9.17, 15) is 0 Å². The zero-order chi connectivity index (χ0) is 16.3. The average molecular weight is 310 g/mol. The van der Waals surface area contributed by atoms with Gasteiger partial charge in [0.1, 0.15) is 0 Å². The first-order chi connectivity index (χ1) is 11.8. The monoisotopic (exact) mass is 310 g/mol. The Hall–Kier alpha value is -2.34. The molecule has 0 heterocycles. The van der Waals surface area contributed by atoms with Gasteiger partial charge in [-0.15, -0.1) is 0 Å². The minimum Gasteiger partial charge on any atom is -0.0648 e. The van der Waals surface area contributed by atoms with Crippen LogP contribution in [-0.2, 0) is 6.42 Å². The van der Waals surface area contributed by atoms with Crippen LogP contribution in [0.4, 0.5) is 0 Å². The zero-order valence-electron chi connectivity index (χ0n) is 14.4. The number of rotatable bonds is 1. The van der Waals surface area contributed by atoms with Crippen molar-refractivity contribution >= 4 is 32.3 Å². The van der Waals surface area contributed by atoms with Crippen LogP contribution in [0.2, 0.25) is 0 Å². The van der Waals surface area contributed by atoms with E-state index in [0.717, 1.165) is 5.92 Å². The van der Waals surface area contributed by atoms with Crippen molar-refractivity contribution in [3.63, 3.8) is 0 Å². The summed E-state index contributed by atoms with van der Waals surface area (Å²) in [5, 5.41) is 8.43. The Morgan fingerprint density at radius 2 is 1.38 bits per heavy atom. The van der Waals surface area contributed by atoms with Gasteiger partial charge >= 0.3 is 0 Å². The molecule has 0 spiro atoms. The molecule has 1 aliphatic rings. The summed E-state index contributed by atoms with van der Waals surface area (Å²) in [5.41, 5.74) is 4.56. The molecule has 0 radical (unpaired) electrons. The van der Waals surface area contributed by atoms with Gasteiger partial charge < -0.3 is 0 Å². The highest BCUT2D eigenvalue weighted by Crippen LogP contribution is 2.41. The van der Waals surface area contributed by atoms with E-state index in [1.807, 2.05) is 0 Å². The van der Waals surface area contributed by atoms with E-state index < -0.39 is 0 Å². The van der Waals surface area contributed by atoms with Crippen LogP contribution < -0.4 is 0 Å². The van der Waals surface area contributed by atoms with E-state index in [1.165, 1.54) is 57.1 Å². The lowest BCUT2D eigenvalue weighted by Gasteiger charge is -2.13. The molecule has 1 aliphatic carbocycles. The Bertz CT molecular complexity index is 1100. The van der Waals surface area contributed by atoms with Crippen LogP contribution in [0.5, 0.6) is 0 Å². The van der Waals surface area contributed by atoms with Crippen molar-refractivity contribution in [1.82, 2.24) is 0 Å². The fourth-order valence-electron chi connectivity index (χ4n) is 4.79. The maximum atomic E-state index is 2.40. The van der Waals surface area contributed by atoms with Crippen molar-refractivity contribution in [1.29, 1.82) is 0 Å².